The van der Waals surface area contributed by atoms with Crippen LogP contribution in [0.1, 0.15) is 115 Å². The molecule has 0 radical (unpaired) electrons. The van der Waals surface area contributed by atoms with Crippen molar-refractivity contribution >= 4 is 23.6 Å². The predicted octanol–water partition coefficient (Wildman–Crippen LogP) is 5.32. The highest BCUT2D eigenvalue weighted by Crippen LogP contribution is 2.20. The van der Waals surface area contributed by atoms with Gasteiger partial charge in [0.1, 0.15) is 11.8 Å². The topological polar surface area (TPSA) is 377 Å². The zero-order valence-corrected chi connectivity index (χ0v) is 50.6. The number of ketones is 1. The number of carbonyl (C=O) groups excluding carboxylic acids is 2. The predicted molar refractivity (Wildman–Crippen MR) is 339 cm³/mol. The van der Waals surface area contributed by atoms with Crippen LogP contribution in [0.4, 0.5) is 0 Å². The maximum absolute atomic E-state index is 12.8. The molecule has 87 heavy (non-hydrogen) atoms. The van der Waals surface area contributed by atoms with Crippen LogP contribution in [0.5, 0.6) is 0 Å². The number of hydrogen-bond acceptors (Lipinski definition) is 17. The lowest BCUT2D eigenvalue weighted by Crippen LogP contribution is -2.37. The zero-order chi connectivity index (χ0) is 64.9. The Balaban J connectivity index is 2.33. The van der Waals surface area contributed by atoms with Crippen LogP contribution in [0.3, 0.4) is 0 Å². The highest BCUT2D eigenvalue weighted by Gasteiger charge is 2.28. The molecule has 15 unspecified atom stereocenters. The second kappa shape index (κ2) is 47.4. The summed E-state index contributed by atoms with van der Waals surface area (Å²) in [7, 11) is 0. The molecule has 1 rings (SSSR count). The Kier molecular flexibility index (Phi) is 42.7. The van der Waals surface area contributed by atoms with Gasteiger partial charge in [0.15, 0.2) is 11.7 Å². The Morgan fingerprint density at radius 3 is 1.61 bits per heavy atom. The minimum absolute atomic E-state index is 0.0203. The van der Waals surface area contributed by atoms with Gasteiger partial charge < -0.3 is 72.1 Å². The number of Topliss-reactive ketones (excluding diaryl/α,β-unsaturated/α-hetero) is 1. The van der Waals surface area contributed by atoms with Gasteiger partial charge in [-0.25, -0.2) is 4.79 Å². The van der Waals surface area contributed by atoms with E-state index in [0.717, 1.165) is 12.8 Å². The fourth-order valence-electron chi connectivity index (χ4n) is 8.18. The van der Waals surface area contributed by atoms with E-state index in [4.69, 9.17) is 10.8 Å². The zero-order valence-electron chi connectivity index (χ0n) is 50.6. The van der Waals surface area contributed by atoms with Crippen LogP contribution in [0.25, 0.3) is 0 Å². The number of amides is 1. The van der Waals surface area contributed by atoms with E-state index in [0.29, 0.717) is 12.8 Å². The number of unbranched alkanes of at least 4 members (excludes halogenated alkanes) is 1. The number of aliphatic carboxylic acids is 1. The summed E-state index contributed by atoms with van der Waals surface area (Å²) in [6.45, 7) is 6.91. The SMILES string of the molecule is C\C(=C/C=C/C=C/CC/C=C/C(C)C(O)C(C)C(O)/C=C/C=C/C=C/C=C/C=C/C=C\C(O)C(C)C(=O)C(O)CC(O)/C=C/CC(O)CC(O)CC(O)/C=C/CC(O)CC(O)/C=C/CC(O)CC(O)CCCN=C(N)NC(=O)c1ccccn1)C(=O)O. The van der Waals surface area contributed by atoms with Crippen molar-refractivity contribution in [3.05, 3.63) is 188 Å². The number of hydrogen-bond donors (Lipinski definition) is 15. The molecule has 0 spiro atoms. The van der Waals surface area contributed by atoms with Crippen molar-refractivity contribution in [2.45, 2.75) is 178 Å². The van der Waals surface area contributed by atoms with Gasteiger partial charge in [-0.1, -0.05) is 179 Å². The van der Waals surface area contributed by atoms with Gasteiger partial charge in [-0.2, -0.15) is 0 Å². The maximum Gasteiger partial charge on any atom is 0.331 e. The molecule has 0 aliphatic heterocycles. The molecule has 20 heteroatoms. The van der Waals surface area contributed by atoms with Crippen LogP contribution in [-0.2, 0) is 9.59 Å². The van der Waals surface area contributed by atoms with Crippen LogP contribution in [0, 0.1) is 17.8 Å². The molecule has 1 aromatic heterocycles. The average Bonchev–Trinajstić information content (AvgIpc) is 3.69. The second-order valence-corrected chi connectivity index (χ2v) is 21.4. The van der Waals surface area contributed by atoms with Gasteiger partial charge in [-0.15, -0.1) is 0 Å². The van der Waals surface area contributed by atoms with Crippen molar-refractivity contribution in [3.8, 4) is 0 Å². The number of aliphatic hydroxyl groups is 12. The first kappa shape index (κ1) is 78.4. The van der Waals surface area contributed by atoms with Crippen molar-refractivity contribution in [3.63, 3.8) is 0 Å². The first-order valence-electron chi connectivity index (χ1n) is 29.6. The summed E-state index contributed by atoms with van der Waals surface area (Å²) < 4.78 is 0. The third-order valence-corrected chi connectivity index (χ3v) is 13.5. The molecule has 1 heterocycles. The van der Waals surface area contributed by atoms with Gasteiger partial charge in [-0.3, -0.25) is 24.9 Å². The summed E-state index contributed by atoms with van der Waals surface area (Å²) in [5.41, 5.74) is 6.19. The average molecular weight is 1220 g/mol. The van der Waals surface area contributed by atoms with Gasteiger partial charge in [0.25, 0.3) is 5.91 Å². The molecule has 0 aromatic carbocycles. The summed E-state index contributed by atoms with van der Waals surface area (Å²) in [6.07, 6.45) is 32.6. The van der Waals surface area contributed by atoms with Gasteiger partial charge in [0.2, 0.25) is 0 Å². The van der Waals surface area contributed by atoms with Crippen LogP contribution >= 0.6 is 0 Å². The summed E-state index contributed by atoms with van der Waals surface area (Å²) in [5.74, 6) is -3.75. The van der Waals surface area contributed by atoms with Gasteiger partial charge in [0.05, 0.1) is 67.1 Å². The Morgan fingerprint density at radius 2 is 1.06 bits per heavy atom. The molecular formula is C67H98N4O16. The van der Waals surface area contributed by atoms with Crippen LogP contribution < -0.4 is 11.1 Å². The number of guanidine groups is 1. The van der Waals surface area contributed by atoms with E-state index in [1.165, 1.54) is 68.6 Å². The smallest absolute Gasteiger partial charge is 0.331 e. The normalized spacial score (nSPS) is 18.8. The second-order valence-electron chi connectivity index (χ2n) is 21.4. The summed E-state index contributed by atoms with van der Waals surface area (Å²) in [4.78, 5) is 43.7. The Bertz CT molecular complexity index is 2530. The monoisotopic (exact) mass is 1210 g/mol. The highest BCUT2D eigenvalue weighted by molar-refractivity contribution is 6.04. The molecule has 0 aliphatic carbocycles. The van der Waals surface area contributed by atoms with E-state index >= 15 is 0 Å². The fraction of sp³-hybridized carbons (Fsp3) is 0.478. The van der Waals surface area contributed by atoms with Gasteiger partial charge in [0, 0.05) is 55.3 Å². The number of allylic oxidation sites excluding steroid dienone is 16. The highest BCUT2D eigenvalue weighted by atomic mass is 16.4. The van der Waals surface area contributed by atoms with Gasteiger partial charge in [-0.05, 0) is 76.8 Å². The van der Waals surface area contributed by atoms with E-state index in [2.05, 4.69) is 15.3 Å². The van der Waals surface area contributed by atoms with Crippen LogP contribution in [-0.4, -0.2) is 175 Å². The molecular weight excluding hydrogens is 1120 g/mol. The maximum atomic E-state index is 12.8. The standard InChI is InChI=1S/C67H98N4O16/c1-47(28-18-14-10-9-11-15-19-29-48(2)66(86)87)63(83)49(3)60(80)38-20-16-12-7-5-6-8-13-17-21-39-61(81)50(4)64(84)62(82)46-57(78)35-26-34-55(76)45-58(79)44-54(75)33-25-32-52(73)42-51(72)30-24-31-53(74)43-56(77)36-27-41-70-67(68)71-65(85)59-37-22-23-40-69-59/h5-9,11-13,15-26,28-30,33,35,37-40,47,49-58,60-63,72-83H,10,14,27,31-32,34,36,41-46H2,1-4H3,(H,86,87)(H3,68,70,71,85)/b7-5+,8-6+,11-9+,16-12+,17-13+,19-15+,28-18+,30-24+,33-25+,35-26+,38-20+,39-21-,48-29+. The number of aliphatic hydroxyl groups excluding tert-OH is 12. The number of carboxylic acid groups (broad SMARTS) is 1. The number of aliphatic imine (C=N–C) groups is 1. The lowest BCUT2D eigenvalue weighted by molar-refractivity contribution is -0.134. The molecule has 0 saturated heterocycles. The third kappa shape index (κ3) is 39.7. The number of rotatable bonds is 44. The minimum atomic E-state index is -1.58. The minimum Gasteiger partial charge on any atom is -0.478 e. The van der Waals surface area contributed by atoms with Crippen molar-refractivity contribution < 1.29 is 80.8 Å². The number of carbonyl (C=O) groups is 3. The van der Waals surface area contributed by atoms with E-state index in [1.807, 2.05) is 31.2 Å². The molecule has 0 bridgehead atoms. The largest absolute Gasteiger partial charge is 0.478 e. The van der Waals surface area contributed by atoms with Crippen molar-refractivity contribution in [1.29, 1.82) is 0 Å². The lowest BCUT2D eigenvalue weighted by atomic mass is 9.88. The van der Waals surface area contributed by atoms with Gasteiger partial charge >= 0.3 is 5.97 Å². The quantitative estimate of drug-likeness (QED) is 0.00981. The van der Waals surface area contributed by atoms with E-state index < -0.39 is 103 Å². The van der Waals surface area contributed by atoms with E-state index in [1.54, 1.807) is 104 Å². The van der Waals surface area contributed by atoms with Crippen molar-refractivity contribution in [1.82, 2.24) is 10.3 Å². The van der Waals surface area contributed by atoms with Crippen molar-refractivity contribution in [2.24, 2.45) is 28.5 Å². The molecule has 0 saturated carbocycles. The molecule has 15 atom stereocenters. The van der Waals surface area contributed by atoms with Crippen molar-refractivity contribution in [2.75, 3.05) is 6.54 Å². The summed E-state index contributed by atoms with van der Waals surface area (Å²) >= 11 is 0. The first-order valence-corrected chi connectivity index (χ1v) is 29.6. The summed E-state index contributed by atoms with van der Waals surface area (Å²) in [5, 5.41) is 137. The number of nitrogens with two attached hydrogens (primary N) is 1. The Hall–Kier alpha value is -6.63. The first-order chi connectivity index (χ1) is 41.4. The third-order valence-electron chi connectivity index (χ3n) is 13.5. The number of carboxylic acids is 1. The number of aromatic nitrogens is 1. The van der Waals surface area contributed by atoms with Crippen LogP contribution in [0.2, 0.25) is 0 Å². The summed E-state index contributed by atoms with van der Waals surface area (Å²) in [6, 6.07) is 4.88. The molecule has 20 nitrogen and oxygen atoms in total. The Labute approximate surface area is 513 Å². The molecule has 0 aliphatic rings. The number of nitrogens with zero attached hydrogens (tertiary/aromatic N) is 2. The molecule has 1 aromatic rings. The number of nitrogens with one attached hydrogen (secondary N) is 1. The fourth-order valence-corrected chi connectivity index (χ4v) is 8.18. The van der Waals surface area contributed by atoms with E-state index in [-0.39, 0.29) is 81.1 Å². The lowest BCUT2D eigenvalue weighted by Gasteiger charge is -2.25. The molecule has 16 N–H and O–H groups in total. The Morgan fingerprint density at radius 1 is 0.563 bits per heavy atom. The number of pyridine rings is 1. The molecule has 0 fully saturated rings. The molecule has 482 valence electrons. The van der Waals surface area contributed by atoms with E-state index in [9.17, 15) is 75.7 Å². The molecule has 1 amide bonds. The van der Waals surface area contributed by atoms with Crippen LogP contribution in [0.15, 0.2) is 187 Å².